The van der Waals surface area contributed by atoms with Gasteiger partial charge in [-0.3, -0.25) is 4.68 Å². The van der Waals surface area contributed by atoms with E-state index in [0.717, 1.165) is 0 Å². The molecule has 140 valence electrons. The van der Waals surface area contributed by atoms with Crippen molar-refractivity contribution < 1.29 is 22.5 Å². The van der Waals surface area contributed by atoms with Crippen molar-refractivity contribution in [3.8, 4) is 0 Å². The van der Waals surface area contributed by atoms with Crippen LogP contribution in [0.1, 0.15) is 45.7 Å². The van der Waals surface area contributed by atoms with Gasteiger partial charge in [0, 0.05) is 17.9 Å². The molecule has 0 aliphatic carbocycles. The van der Waals surface area contributed by atoms with Crippen LogP contribution < -0.4 is 5.46 Å². The lowest BCUT2D eigenvalue weighted by Gasteiger charge is -2.32. The van der Waals surface area contributed by atoms with Crippen LogP contribution >= 0.6 is 0 Å². The van der Waals surface area contributed by atoms with Crippen LogP contribution in [0.2, 0.25) is 0 Å². The van der Waals surface area contributed by atoms with E-state index < -0.39 is 37.0 Å². The van der Waals surface area contributed by atoms with Gasteiger partial charge in [-0.05, 0) is 33.3 Å². The summed E-state index contributed by atoms with van der Waals surface area (Å²) in [6, 6.07) is 7.62. The lowest BCUT2D eigenvalue weighted by Crippen LogP contribution is -2.41. The molecule has 1 unspecified atom stereocenters. The molecule has 0 radical (unpaired) electrons. The summed E-state index contributed by atoms with van der Waals surface area (Å²) in [7, 11) is -0.656. The van der Waals surface area contributed by atoms with E-state index in [1.54, 1.807) is 36.5 Å². The zero-order valence-electron chi connectivity index (χ0n) is 15.2. The summed E-state index contributed by atoms with van der Waals surface area (Å²) in [5, 5.41) is 4.17. The van der Waals surface area contributed by atoms with Crippen molar-refractivity contribution >= 4 is 12.6 Å². The quantitative estimate of drug-likeness (QED) is 0.774. The zero-order chi connectivity index (χ0) is 19.2. The van der Waals surface area contributed by atoms with Crippen LogP contribution in [0, 0.1) is 0 Å². The first-order valence-corrected chi connectivity index (χ1v) is 8.50. The van der Waals surface area contributed by atoms with Crippen molar-refractivity contribution in [1.82, 2.24) is 9.78 Å². The Hall–Kier alpha value is -1.80. The Morgan fingerprint density at radius 2 is 1.65 bits per heavy atom. The van der Waals surface area contributed by atoms with E-state index in [4.69, 9.17) is 9.31 Å². The summed E-state index contributed by atoms with van der Waals surface area (Å²) >= 11 is 0. The minimum Gasteiger partial charge on any atom is -0.399 e. The highest BCUT2D eigenvalue weighted by atomic mass is 19.4. The fourth-order valence-corrected chi connectivity index (χ4v) is 2.88. The van der Waals surface area contributed by atoms with E-state index in [9.17, 15) is 13.2 Å². The van der Waals surface area contributed by atoms with Crippen LogP contribution in [0.3, 0.4) is 0 Å². The second-order valence-electron chi connectivity index (χ2n) is 7.59. The average molecular weight is 366 g/mol. The second-order valence-corrected chi connectivity index (χ2v) is 7.59. The molecule has 0 amide bonds. The first-order chi connectivity index (χ1) is 12.0. The van der Waals surface area contributed by atoms with Gasteiger partial charge in [-0.2, -0.15) is 18.3 Å². The molecule has 3 rings (SSSR count). The Balaban J connectivity index is 1.89. The maximum absolute atomic E-state index is 13.1. The van der Waals surface area contributed by atoms with Crippen molar-refractivity contribution in [3.63, 3.8) is 0 Å². The molecule has 0 saturated carbocycles. The Labute approximate surface area is 151 Å². The third kappa shape index (κ3) is 3.81. The van der Waals surface area contributed by atoms with E-state index in [-0.39, 0.29) is 0 Å². The number of nitrogens with zero attached hydrogens (tertiary/aromatic N) is 2. The summed E-state index contributed by atoms with van der Waals surface area (Å²) in [4.78, 5) is 0. The lowest BCUT2D eigenvalue weighted by atomic mass is 9.82. The van der Waals surface area contributed by atoms with Gasteiger partial charge in [-0.1, -0.05) is 30.3 Å². The van der Waals surface area contributed by atoms with Gasteiger partial charge < -0.3 is 9.31 Å². The van der Waals surface area contributed by atoms with Gasteiger partial charge >= 0.3 is 13.3 Å². The number of aromatic nitrogens is 2. The molecule has 26 heavy (non-hydrogen) atoms. The predicted molar refractivity (Wildman–Crippen MR) is 93.2 cm³/mol. The number of halogens is 3. The third-order valence-electron chi connectivity index (χ3n) is 5.08. The molecule has 1 saturated heterocycles. The Morgan fingerprint density at radius 3 is 2.19 bits per heavy atom. The molecule has 0 spiro atoms. The summed E-state index contributed by atoms with van der Waals surface area (Å²) in [6.07, 6.45) is -2.22. The van der Waals surface area contributed by atoms with E-state index in [1.807, 2.05) is 27.7 Å². The molecule has 1 aromatic heterocycles. The predicted octanol–water partition coefficient (Wildman–Crippen LogP) is 3.72. The highest BCUT2D eigenvalue weighted by Crippen LogP contribution is 2.37. The average Bonchev–Trinajstić information content (AvgIpc) is 3.08. The van der Waals surface area contributed by atoms with Crippen LogP contribution in [0.25, 0.3) is 0 Å². The molecule has 0 N–H and O–H groups in total. The van der Waals surface area contributed by atoms with Crippen LogP contribution in [0.4, 0.5) is 13.2 Å². The molecule has 1 fully saturated rings. The fraction of sp³-hybridized carbons (Fsp3) is 0.500. The minimum atomic E-state index is -4.31. The molecule has 2 aromatic rings. The maximum atomic E-state index is 13.1. The van der Waals surface area contributed by atoms with Crippen molar-refractivity contribution in [2.24, 2.45) is 0 Å². The van der Waals surface area contributed by atoms with Crippen molar-refractivity contribution in [2.75, 3.05) is 0 Å². The van der Waals surface area contributed by atoms with Gasteiger partial charge in [0.15, 0.2) is 0 Å². The van der Waals surface area contributed by atoms with Crippen molar-refractivity contribution in [1.29, 1.82) is 0 Å². The zero-order valence-corrected chi connectivity index (χ0v) is 15.2. The van der Waals surface area contributed by atoms with Crippen molar-refractivity contribution in [2.45, 2.75) is 57.5 Å². The Bertz CT molecular complexity index is 743. The number of hydrogen-bond donors (Lipinski definition) is 0. The van der Waals surface area contributed by atoms with E-state index in [1.165, 1.54) is 10.9 Å². The Morgan fingerprint density at radius 1 is 1.08 bits per heavy atom. The highest BCUT2D eigenvalue weighted by molar-refractivity contribution is 6.62. The van der Waals surface area contributed by atoms with Crippen molar-refractivity contribution in [3.05, 3.63) is 48.3 Å². The molecule has 4 nitrogen and oxygen atoms in total. The third-order valence-corrected chi connectivity index (χ3v) is 5.08. The Kier molecular flexibility index (Phi) is 4.69. The van der Waals surface area contributed by atoms with Crippen LogP contribution in [-0.4, -0.2) is 34.3 Å². The van der Waals surface area contributed by atoms with E-state index >= 15 is 0 Å². The molecule has 8 heteroatoms. The van der Waals surface area contributed by atoms with Gasteiger partial charge in [0.2, 0.25) is 0 Å². The molecular weight excluding hydrogens is 344 g/mol. The minimum absolute atomic E-state index is 0.523. The number of benzene rings is 1. The van der Waals surface area contributed by atoms with Gasteiger partial charge in [-0.25, -0.2) is 0 Å². The number of rotatable bonds is 4. The van der Waals surface area contributed by atoms with E-state index in [0.29, 0.717) is 11.0 Å². The molecular formula is C18H22BF3N2O2. The summed E-state index contributed by atoms with van der Waals surface area (Å²) in [5.74, 6) is 0. The molecule has 1 aliphatic heterocycles. The number of alkyl halides is 3. The normalized spacial score (nSPS) is 20.3. The first kappa shape index (κ1) is 19.0. The first-order valence-electron chi connectivity index (χ1n) is 8.50. The van der Waals surface area contributed by atoms with Gasteiger partial charge in [-0.15, -0.1) is 0 Å². The monoisotopic (exact) mass is 366 g/mol. The molecule has 0 bridgehead atoms. The fourth-order valence-electron chi connectivity index (χ4n) is 2.88. The largest absolute Gasteiger partial charge is 0.498 e. The van der Waals surface area contributed by atoms with Gasteiger partial charge in [0.1, 0.15) is 0 Å². The van der Waals surface area contributed by atoms with Crippen LogP contribution in [0.15, 0.2) is 42.7 Å². The molecule has 1 aliphatic rings. The standard InChI is InChI=1S/C18H22BF3N2O2/c1-16(2)17(3,4)26-19(25-16)14-11-23-24(12-14)15(10-18(20,21)22)13-8-6-5-7-9-13/h5-9,11-12,15H,10H2,1-4H3. The summed E-state index contributed by atoms with van der Waals surface area (Å²) in [6.45, 7) is 7.70. The smallest absolute Gasteiger partial charge is 0.399 e. The molecule has 2 heterocycles. The summed E-state index contributed by atoms with van der Waals surface area (Å²) in [5.41, 5.74) is 0.106. The lowest BCUT2D eigenvalue weighted by molar-refractivity contribution is -0.140. The topological polar surface area (TPSA) is 36.3 Å². The highest BCUT2D eigenvalue weighted by Gasteiger charge is 2.52. The van der Waals surface area contributed by atoms with E-state index in [2.05, 4.69) is 5.10 Å². The van der Waals surface area contributed by atoms with Crippen LogP contribution in [-0.2, 0) is 9.31 Å². The maximum Gasteiger partial charge on any atom is 0.498 e. The SMILES string of the molecule is CC1(C)OB(c2cnn(C(CC(F)(F)F)c3ccccc3)c2)OC1(C)C. The molecule has 1 aromatic carbocycles. The van der Waals surface area contributed by atoms with Gasteiger partial charge in [0.25, 0.3) is 0 Å². The van der Waals surface area contributed by atoms with Crippen LogP contribution in [0.5, 0.6) is 0 Å². The summed E-state index contributed by atoms with van der Waals surface area (Å²) < 4.78 is 52.5. The number of hydrogen-bond acceptors (Lipinski definition) is 3. The van der Waals surface area contributed by atoms with Gasteiger partial charge in [0.05, 0.1) is 23.7 Å². The molecule has 1 atom stereocenters. The second kappa shape index (κ2) is 6.42.